The summed E-state index contributed by atoms with van der Waals surface area (Å²) in [6, 6.07) is 0. The number of allylic oxidation sites excluding steroid dienone is 12. The molecule has 0 saturated carbocycles. The fourth-order valence-corrected chi connectivity index (χ4v) is 5.74. The standard InChI is InChI=1S/C45H74O10/c1-3-5-7-9-11-13-15-17-19-21-23-25-27-29-31-33-40(47)52-36-38(37-53-45-44(51)43(50)42(49)39(35-46)55-45)54-41(48)34-32-30-28-26-24-22-20-18-16-14-12-10-8-6-4-2/h6,8,11-14,17-20,23,25,38-39,42-46,49-51H,3-5,7,9-10,15-16,21-22,24,26-37H2,1-2H3/b8-6+,13-11+,14-12+,19-17+,20-18+,25-23+/t38-,39-,42+,43?,44?,45-/m0/s1. The van der Waals surface area contributed by atoms with Crippen molar-refractivity contribution < 1.29 is 49.0 Å². The fraction of sp³-hybridized carbons (Fsp3) is 0.689. The predicted octanol–water partition coefficient (Wildman–Crippen LogP) is 8.44. The Bertz CT molecular complexity index is 1120. The Morgan fingerprint density at radius 1 is 0.582 bits per heavy atom. The van der Waals surface area contributed by atoms with Crippen LogP contribution in [0.2, 0.25) is 0 Å². The Kier molecular flexibility index (Phi) is 32.4. The molecule has 6 atom stereocenters. The van der Waals surface area contributed by atoms with Gasteiger partial charge in [-0.3, -0.25) is 9.59 Å². The molecule has 0 aromatic rings. The molecule has 0 aromatic heterocycles. The van der Waals surface area contributed by atoms with Crippen molar-refractivity contribution in [3.05, 3.63) is 72.9 Å². The van der Waals surface area contributed by atoms with Crippen LogP contribution in [0, 0.1) is 0 Å². The minimum Gasteiger partial charge on any atom is -0.462 e. The van der Waals surface area contributed by atoms with Gasteiger partial charge in [-0.15, -0.1) is 0 Å². The lowest BCUT2D eigenvalue weighted by Crippen LogP contribution is -2.59. The summed E-state index contributed by atoms with van der Waals surface area (Å²) in [6.07, 6.45) is 36.2. The lowest BCUT2D eigenvalue weighted by Gasteiger charge is -2.39. The summed E-state index contributed by atoms with van der Waals surface area (Å²) in [4.78, 5) is 25.2. The van der Waals surface area contributed by atoms with Crippen LogP contribution in [0.15, 0.2) is 72.9 Å². The van der Waals surface area contributed by atoms with Crippen molar-refractivity contribution in [3.8, 4) is 0 Å². The van der Waals surface area contributed by atoms with Crippen molar-refractivity contribution in [2.45, 2.75) is 179 Å². The first-order chi connectivity index (χ1) is 26.8. The van der Waals surface area contributed by atoms with Gasteiger partial charge >= 0.3 is 11.9 Å². The Balaban J connectivity index is 2.41. The number of carbonyl (C=O) groups is 2. The van der Waals surface area contributed by atoms with Crippen molar-refractivity contribution in [1.29, 1.82) is 0 Å². The monoisotopic (exact) mass is 775 g/mol. The topological polar surface area (TPSA) is 152 Å². The molecule has 0 aliphatic carbocycles. The summed E-state index contributed by atoms with van der Waals surface area (Å²) < 4.78 is 22.1. The highest BCUT2D eigenvalue weighted by atomic mass is 16.7. The zero-order valence-electron chi connectivity index (χ0n) is 33.9. The van der Waals surface area contributed by atoms with Crippen LogP contribution in [-0.2, 0) is 28.5 Å². The van der Waals surface area contributed by atoms with Crippen LogP contribution in [0.4, 0.5) is 0 Å². The molecule has 0 aromatic carbocycles. The third kappa shape index (κ3) is 27.4. The van der Waals surface area contributed by atoms with Crippen LogP contribution in [0.5, 0.6) is 0 Å². The fourth-order valence-electron chi connectivity index (χ4n) is 5.74. The lowest BCUT2D eigenvalue weighted by molar-refractivity contribution is -0.305. The molecule has 1 saturated heterocycles. The predicted molar refractivity (Wildman–Crippen MR) is 219 cm³/mol. The molecule has 0 spiro atoms. The van der Waals surface area contributed by atoms with E-state index in [9.17, 15) is 30.0 Å². The highest BCUT2D eigenvalue weighted by Gasteiger charge is 2.44. The van der Waals surface area contributed by atoms with Gasteiger partial charge in [0.15, 0.2) is 12.4 Å². The summed E-state index contributed by atoms with van der Waals surface area (Å²) in [5.41, 5.74) is 0. The van der Waals surface area contributed by atoms with Gasteiger partial charge in [0, 0.05) is 12.8 Å². The van der Waals surface area contributed by atoms with Gasteiger partial charge in [0.2, 0.25) is 0 Å². The number of unbranched alkanes of at least 4 members (excludes halogenated alkanes) is 10. The van der Waals surface area contributed by atoms with E-state index in [0.717, 1.165) is 83.5 Å². The minimum atomic E-state index is -1.61. The normalized spacial score (nSPS) is 21.3. The molecule has 55 heavy (non-hydrogen) atoms. The summed E-state index contributed by atoms with van der Waals surface area (Å²) in [5.74, 6) is -0.880. The maximum absolute atomic E-state index is 12.7. The average molecular weight is 775 g/mol. The van der Waals surface area contributed by atoms with Gasteiger partial charge in [-0.1, -0.05) is 119 Å². The zero-order chi connectivity index (χ0) is 40.2. The number of esters is 2. The van der Waals surface area contributed by atoms with Crippen molar-refractivity contribution in [1.82, 2.24) is 0 Å². The van der Waals surface area contributed by atoms with Gasteiger partial charge < -0.3 is 39.4 Å². The quantitative estimate of drug-likeness (QED) is 0.0291. The third-order valence-electron chi connectivity index (χ3n) is 9.08. The first-order valence-electron chi connectivity index (χ1n) is 21.0. The van der Waals surface area contributed by atoms with Crippen molar-refractivity contribution in [2.75, 3.05) is 19.8 Å². The second-order valence-electron chi connectivity index (χ2n) is 14.1. The number of hydrogen-bond donors (Lipinski definition) is 4. The largest absolute Gasteiger partial charge is 0.462 e. The highest BCUT2D eigenvalue weighted by molar-refractivity contribution is 5.70. The molecular formula is C45H74O10. The van der Waals surface area contributed by atoms with Gasteiger partial charge in [-0.05, 0) is 83.5 Å². The average Bonchev–Trinajstić information content (AvgIpc) is 3.18. The van der Waals surface area contributed by atoms with E-state index in [-0.39, 0.29) is 26.1 Å². The molecule has 1 aliphatic heterocycles. The molecule has 2 unspecified atom stereocenters. The second-order valence-corrected chi connectivity index (χ2v) is 14.1. The van der Waals surface area contributed by atoms with Crippen LogP contribution in [-0.4, -0.2) is 89.0 Å². The molecule has 4 N–H and O–H groups in total. The molecule has 314 valence electrons. The zero-order valence-corrected chi connectivity index (χ0v) is 33.9. The number of hydrogen-bond acceptors (Lipinski definition) is 10. The van der Waals surface area contributed by atoms with E-state index >= 15 is 0 Å². The number of ether oxygens (including phenoxy) is 4. The van der Waals surface area contributed by atoms with Crippen molar-refractivity contribution >= 4 is 11.9 Å². The van der Waals surface area contributed by atoms with Crippen molar-refractivity contribution in [2.24, 2.45) is 0 Å². The van der Waals surface area contributed by atoms with E-state index < -0.39 is 55.4 Å². The number of rotatable bonds is 33. The third-order valence-corrected chi connectivity index (χ3v) is 9.08. The molecule has 10 heteroatoms. The van der Waals surface area contributed by atoms with E-state index in [2.05, 4.69) is 86.8 Å². The minimum absolute atomic E-state index is 0.198. The van der Waals surface area contributed by atoms with Gasteiger partial charge in [0.05, 0.1) is 13.2 Å². The van der Waals surface area contributed by atoms with Gasteiger partial charge in [-0.25, -0.2) is 0 Å². The first kappa shape index (κ1) is 50.2. The SMILES string of the molecule is CC/C=C/C/C=C/C/C=C/CCCCCCCC(=O)O[C@@H](COC(=O)CCCC/C=C/C/C=C/C/C=C/CCCCC)CO[C@H]1O[C@@H](CO)[C@@H](O)C(O)C1O. The van der Waals surface area contributed by atoms with Crippen LogP contribution >= 0.6 is 0 Å². The Labute approximate surface area is 332 Å². The molecule has 0 bridgehead atoms. The Hall–Kier alpha value is -2.86. The molecule has 1 fully saturated rings. The van der Waals surface area contributed by atoms with Gasteiger partial charge in [0.25, 0.3) is 0 Å². The highest BCUT2D eigenvalue weighted by Crippen LogP contribution is 2.22. The Morgan fingerprint density at radius 2 is 1.07 bits per heavy atom. The lowest BCUT2D eigenvalue weighted by atomic mass is 9.99. The van der Waals surface area contributed by atoms with Crippen LogP contribution in [0.3, 0.4) is 0 Å². The molecule has 0 radical (unpaired) electrons. The van der Waals surface area contributed by atoms with E-state index in [4.69, 9.17) is 18.9 Å². The molecule has 1 heterocycles. The molecule has 1 aliphatic rings. The summed E-state index contributed by atoms with van der Waals surface area (Å²) >= 11 is 0. The molecule has 1 rings (SSSR count). The molecular weight excluding hydrogens is 700 g/mol. The van der Waals surface area contributed by atoms with E-state index in [1.165, 1.54) is 19.3 Å². The summed E-state index contributed by atoms with van der Waals surface area (Å²) in [5, 5.41) is 40.0. The molecule has 0 amide bonds. The second kappa shape index (κ2) is 35.5. The maximum Gasteiger partial charge on any atom is 0.306 e. The van der Waals surface area contributed by atoms with Crippen LogP contribution in [0.1, 0.15) is 142 Å². The van der Waals surface area contributed by atoms with Gasteiger partial charge in [-0.2, -0.15) is 0 Å². The number of carbonyl (C=O) groups excluding carboxylic acids is 2. The van der Waals surface area contributed by atoms with E-state index in [0.29, 0.717) is 12.8 Å². The smallest absolute Gasteiger partial charge is 0.306 e. The van der Waals surface area contributed by atoms with Crippen LogP contribution < -0.4 is 0 Å². The van der Waals surface area contributed by atoms with Crippen molar-refractivity contribution in [3.63, 3.8) is 0 Å². The van der Waals surface area contributed by atoms with Gasteiger partial charge in [0.1, 0.15) is 31.0 Å². The Morgan fingerprint density at radius 3 is 1.65 bits per heavy atom. The summed E-state index contributed by atoms with van der Waals surface area (Å²) in [6.45, 7) is 3.20. The summed E-state index contributed by atoms with van der Waals surface area (Å²) in [7, 11) is 0. The van der Waals surface area contributed by atoms with E-state index in [1.807, 2.05) is 0 Å². The number of aliphatic hydroxyl groups excluding tert-OH is 4. The first-order valence-corrected chi connectivity index (χ1v) is 21.0. The molecule has 10 nitrogen and oxygen atoms in total. The maximum atomic E-state index is 12.7. The van der Waals surface area contributed by atoms with E-state index in [1.54, 1.807) is 0 Å². The number of aliphatic hydroxyl groups is 4. The van der Waals surface area contributed by atoms with Crippen LogP contribution in [0.25, 0.3) is 0 Å².